The van der Waals surface area contributed by atoms with E-state index in [0.29, 0.717) is 6.61 Å². The summed E-state index contributed by atoms with van der Waals surface area (Å²) in [6.45, 7) is 0.331. The van der Waals surface area contributed by atoms with Crippen molar-refractivity contribution in [2.24, 2.45) is 0 Å². The van der Waals surface area contributed by atoms with Crippen molar-refractivity contribution in [2.75, 3.05) is 6.61 Å². The Hall–Kier alpha value is -0.810. The average molecular weight is 145 g/mol. The molecule has 2 fully saturated rings. The summed E-state index contributed by atoms with van der Waals surface area (Å²) in [6, 6.07) is -0.164. The number of hydrogen-bond acceptors (Lipinski definition) is 4. The Balaban J connectivity index is 2.12. The second-order valence-electron chi connectivity index (χ2n) is 2.34. The fraction of sp³-hybridized carbons (Fsp3) is 0.800. The van der Waals surface area contributed by atoms with Crippen molar-refractivity contribution in [1.29, 1.82) is 0 Å². The van der Waals surface area contributed by atoms with Gasteiger partial charge >= 0.3 is 6.09 Å². The van der Waals surface area contributed by atoms with Crippen LogP contribution >= 0.6 is 0 Å². The molecule has 0 aliphatic carbocycles. The van der Waals surface area contributed by atoms with Crippen LogP contribution in [0, 0.1) is 0 Å². The molecule has 3 unspecified atom stereocenters. The Kier molecular flexibility index (Phi) is 1.09. The van der Waals surface area contributed by atoms with Gasteiger partial charge in [0.05, 0.1) is 12.6 Å². The lowest BCUT2D eigenvalue weighted by Gasteiger charge is -2.06. The van der Waals surface area contributed by atoms with Crippen LogP contribution in [0.5, 0.6) is 0 Å². The highest BCUT2D eigenvalue weighted by Crippen LogP contribution is 2.20. The first-order valence-corrected chi connectivity index (χ1v) is 3.04. The van der Waals surface area contributed by atoms with Gasteiger partial charge in [-0.2, -0.15) is 0 Å². The Morgan fingerprint density at radius 2 is 2.50 bits per heavy atom. The van der Waals surface area contributed by atoms with Gasteiger partial charge in [0.15, 0.2) is 12.4 Å². The summed E-state index contributed by atoms with van der Waals surface area (Å²) in [5.41, 5.74) is 0. The molecule has 5 nitrogen and oxygen atoms in total. The van der Waals surface area contributed by atoms with E-state index in [9.17, 15) is 4.79 Å². The first-order chi connectivity index (χ1) is 4.77. The van der Waals surface area contributed by atoms with Gasteiger partial charge in [0.25, 0.3) is 0 Å². The van der Waals surface area contributed by atoms with Crippen molar-refractivity contribution in [1.82, 2.24) is 5.32 Å². The molecule has 0 aromatic heterocycles. The monoisotopic (exact) mass is 145 g/mol. The predicted molar refractivity (Wildman–Crippen MR) is 29.2 cm³/mol. The molecule has 2 aliphatic heterocycles. The number of alkyl carbamates (subject to hydrolysis) is 1. The lowest BCUT2D eigenvalue weighted by atomic mass is 10.2. The topological polar surface area (TPSA) is 67.8 Å². The standard InChI is InChI=1S/C5H7NO4/c7-4-3-2(1-9-4)6-5(8)10-3/h2-4,7H,1H2,(H,6,8). The van der Waals surface area contributed by atoms with E-state index < -0.39 is 18.5 Å². The van der Waals surface area contributed by atoms with Crippen molar-refractivity contribution in [3.8, 4) is 0 Å². The summed E-state index contributed by atoms with van der Waals surface area (Å²) in [5.74, 6) is 0. The average Bonchev–Trinajstić information content (AvgIpc) is 2.35. The minimum Gasteiger partial charge on any atom is -0.439 e. The molecule has 2 rings (SSSR count). The number of fused-ring (bicyclic) bond motifs is 1. The maximum atomic E-state index is 10.5. The van der Waals surface area contributed by atoms with Crippen molar-refractivity contribution < 1.29 is 19.4 Å². The quantitative estimate of drug-likeness (QED) is 0.450. The van der Waals surface area contributed by atoms with Crippen LogP contribution in [0.15, 0.2) is 0 Å². The van der Waals surface area contributed by atoms with Gasteiger partial charge in [-0.15, -0.1) is 0 Å². The zero-order chi connectivity index (χ0) is 7.14. The van der Waals surface area contributed by atoms with Gasteiger partial charge < -0.3 is 19.9 Å². The van der Waals surface area contributed by atoms with Gasteiger partial charge in [-0.1, -0.05) is 0 Å². The van der Waals surface area contributed by atoms with Gasteiger partial charge in [0.2, 0.25) is 0 Å². The van der Waals surface area contributed by atoms with Crippen molar-refractivity contribution in [2.45, 2.75) is 18.4 Å². The largest absolute Gasteiger partial charge is 0.439 e. The molecule has 0 aromatic carbocycles. The lowest BCUT2D eigenvalue weighted by Crippen LogP contribution is -2.32. The van der Waals surface area contributed by atoms with Crippen LogP contribution in [0.4, 0.5) is 4.79 Å². The molecule has 10 heavy (non-hydrogen) atoms. The van der Waals surface area contributed by atoms with E-state index in [0.717, 1.165) is 0 Å². The van der Waals surface area contributed by atoms with E-state index in [-0.39, 0.29) is 6.04 Å². The number of aliphatic hydroxyl groups is 1. The molecule has 2 N–H and O–H groups in total. The second-order valence-corrected chi connectivity index (χ2v) is 2.34. The van der Waals surface area contributed by atoms with Gasteiger partial charge in [0.1, 0.15) is 0 Å². The Morgan fingerprint density at radius 3 is 3.20 bits per heavy atom. The maximum absolute atomic E-state index is 10.5. The molecular weight excluding hydrogens is 138 g/mol. The highest BCUT2D eigenvalue weighted by Gasteiger charge is 2.45. The third kappa shape index (κ3) is 0.676. The fourth-order valence-electron chi connectivity index (χ4n) is 1.16. The maximum Gasteiger partial charge on any atom is 0.408 e. The summed E-state index contributed by atoms with van der Waals surface area (Å²) < 4.78 is 9.46. The van der Waals surface area contributed by atoms with Gasteiger partial charge in [-0.25, -0.2) is 4.79 Å². The van der Waals surface area contributed by atoms with Crippen molar-refractivity contribution in [3.63, 3.8) is 0 Å². The van der Waals surface area contributed by atoms with Gasteiger partial charge in [-0.05, 0) is 0 Å². The molecule has 0 bridgehead atoms. The Bertz CT molecular complexity index is 171. The van der Waals surface area contributed by atoms with Crippen LogP contribution in [-0.2, 0) is 9.47 Å². The number of nitrogens with one attached hydrogen (secondary N) is 1. The number of carbonyl (C=O) groups is 1. The van der Waals surface area contributed by atoms with Crippen LogP contribution in [0.25, 0.3) is 0 Å². The normalized spacial score (nSPS) is 44.5. The smallest absolute Gasteiger partial charge is 0.408 e. The molecule has 0 aromatic rings. The van der Waals surface area contributed by atoms with E-state index in [2.05, 4.69) is 10.1 Å². The summed E-state index contributed by atoms with van der Waals surface area (Å²) in [6.07, 6.45) is -1.94. The van der Waals surface area contributed by atoms with E-state index >= 15 is 0 Å². The van der Waals surface area contributed by atoms with Crippen LogP contribution in [0.1, 0.15) is 0 Å². The van der Waals surface area contributed by atoms with Crippen molar-refractivity contribution >= 4 is 6.09 Å². The number of rotatable bonds is 0. The first kappa shape index (κ1) is 5.94. The number of carbonyl (C=O) groups excluding carboxylic acids is 1. The van der Waals surface area contributed by atoms with E-state index in [4.69, 9.17) is 9.84 Å². The molecule has 2 aliphatic rings. The van der Waals surface area contributed by atoms with Crippen molar-refractivity contribution in [3.05, 3.63) is 0 Å². The molecule has 56 valence electrons. The third-order valence-corrected chi connectivity index (χ3v) is 1.67. The molecule has 2 saturated heterocycles. The van der Waals surface area contributed by atoms with Crippen LogP contribution in [-0.4, -0.2) is 36.2 Å². The molecule has 5 heteroatoms. The third-order valence-electron chi connectivity index (χ3n) is 1.67. The molecule has 2 heterocycles. The molecule has 1 amide bonds. The Morgan fingerprint density at radius 1 is 1.70 bits per heavy atom. The van der Waals surface area contributed by atoms with Crippen LogP contribution in [0.2, 0.25) is 0 Å². The molecule has 0 spiro atoms. The summed E-state index contributed by atoms with van der Waals surface area (Å²) in [5, 5.41) is 11.5. The Labute approximate surface area is 56.9 Å². The molecule has 0 radical (unpaired) electrons. The molecule has 3 atom stereocenters. The number of ether oxygens (including phenoxy) is 2. The highest BCUT2D eigenvalue weighted by molar-refractivity contribution is 5.70. The number of amides is 1. The van der Waals surface area contributed by atoms with Crippen LogP contribution < -0.4 is 5.32 Å². The fourth-order valence-corrected chi connectivity index (χ4v) is 1.16. The minimum atomic E-state index is -0.955. The predicted octanol–water partition coefficient (Wildman–Crippen LogP) is -1.19. The van der Waals surface area contributed by atoms with E-state index in [1.54, 1.807) is 0 Å². The zero-order valence-corrected chi connectivity index (χ0v) is 5.11. The SMILES string of the molecule is O=C1NC2COC(O)C2O1. The summed E-state index contributed by atoms with van der Waals surface area (Å²) in [7, 11) is 0. The van der Waals surface area contributed by atoms with Gasteiger partial charge in [-0.3, -0.25) is 0 Å². The van der Waals surface area contributed by atoms with Crippen LogP contribution in [0.3, 0.4) is 0 Å². The number of aliphatic hydroxyl groups excluding tert-OH is 1. The number of hydrogen-bond donors (Lipinski definition) is 2. The minimum absolute atomic E-state index is 0.164. The van der Waals surface area contributed by atoms with E-state index in [1.165, 1.54) is 0 Å². The molecular formula is C5H7NO4. The summed E-state index contributed by atoms with van der Waals surface area (Å²) in [4.78, 5) is 10.5. The first-order valence-electron chi connectivity index (χ1n) is 3.04. The second kappa shape index (κ2) is 1.83. The van der Waals surface area contributed by atoms with Gasteiger partial charge in [0, 0.05) is 0 Å². The van der Waals surface area contributed by atoms with E-state index in [1.807, 2.05) is 0 Å². The summed E-state index contributed by atoms with van der Waals surface area (Å²) >= 11 is 0. The lowest BCUT2D eigenvalue weighted by molar-refractivity contribution is -0.106. The zero-order valence-electron chi connectivity index (χ0n) is 5.11. The highest BCUT2D eigenvalue weighted by atomic mass is 16.7. The molecule has 0 saturated carbocycles.